The minimum absolute atomic E-state index is 0.0629. The molecule has 0 aliphatic heterocycles. The summed E-state index contributed by atoms with van der Waals surface area (Å²) in [4.78, 5) is 0.0629. The average molecular weight is 279 g/mol. The Hall–Kier alpha value is -0.590. The van der Waals surface area contributed by atoms with Gasteiger partial charge < -0.3 is 4.74 Å². The standard InChI is InChI=1S/C10H15ClN2O3S/c1-16-7-9-10(17(11,14)15)6-13(12-9)8-4-2-3-5-8/h6,8H,2-5,7H2,1H3. The molecule has 0 atom stereocenters. The second-order valence-corrected chi connectivity index (χ2v) is 6.76. The maximum Gasteiger partial charge on any atom is 0.264 e. The van der Waals surface area contributed by atoms with E-state index in [0.717, 1.165) is 25.7 Å². The number of nitrogens with zero attached hydrogens (tertiary/aromatic N) is 2. The molecule has 96 valence electrons. The molecule has 0 amide bonds. The molecule has 17 heavy (non-hydrogen) atoms. The van der Waals surface area contributed by atoms with E-state index in [4.69, 9.17) is 15.4 Å². The third kappa shape index (κ3) is 2.81. The molecule has 1 aliphatic rings. The Bertz CT molecular complexity index is 492. The zero-order chi connectivity index (χ0) is 12.5. The normalized spacial score (nSPS) is 17.8. The molecule has 0 N–H and O–H groups in total. The fraction of sp³-hybridized carbons (Fsp3) is 0.700. The number of methoxy groups -OCH3 is 1. The largest absolute Gasteiger partial charge is 0.378 e. The van der Waals surface area contributed by atoms with Crippen molar-refractivity contribution in [3.8, 4) is 0 Å². The number of ether oxygens (including phenoxy) is 1. The molecule has 0 aromatic carbocycles. The zero-order valence-corrected chi connectivity index (χ0v) is 11.2. The Balaban J connectivity index is 2.36. The Morgan fingerprint density at radius 3 is 2.71 bits per heavy atom. The maximum atomic E-state index is 11.4. The second-order valence-electron chi connectivity index (χ2n) is 4.23. The molecule has 0 radical (unpaired) electrons. The van der Waals surface area contributed by atoms with Gasteiger partial charge in [-0.15, -0.1) is 0 Å². The Morgan fingerprint density at radius 2 is 2.18 bits per heavy atom. The van der Waals surface area contributed by atoms with Gasteiger partial charge in [-0.1, -0.05) is 12.8 Å². The van der Waals surface area contributed by atoms with E-state index >= 15 is 0 Å². The van der Waals surface area contributed by atoms with Gasteiger partial charge >= 0.3 is 0 Å². The molecule has 1 heterocycles. The van der Waals surface area contributed by atoms with Gasteiger partial charge in [0.05, 0.1) is 12.6 Å². The predicted octanol–water partition coefficient (Wildman–Crippen LogP) is 2.07. The topological polar surface area (TPSA) is 61.2 Å². The summed E-state index contributed by atoms with van der Waals surface area (Å²) in [5.74, 6) is 0. The highest BCUT2D eigenvalue weighted by Crippen LogP contribution is 2.31. The third-order valence-corrected chi connectivity index (χ3v) is 4.38. The summed E-state index contributed by atoms with van der Waals surface area (Å²) in [6.45, 7) is 0.154. The number of hydrogen-bond donors (Lipinski definition) is 0. The van der Waals surface area contributed by atoms with Crippen LogP contribution >= 0.6 is 10.7 Å². The second kappa shape index (κ2) is 4.96. The molecule has 5 nitrogen and oxygen atoms in total. The van der Waals surface area contributed by atoms with Gasteiger partial charge in [0.15, 0.2) is 0 Å². The van der Waals surface area contributed by atoms with Crippen molar-refractivity contribution >= 4 is 19.7 Å². The van der Waals surface area contributed by atoms with Crippen LogP contribution in [-0.2, 0) is 20.4 Å². The molecule has 2 rings (SSSR count). The molecule has 1 aliphatic carbocycles. The van der Waals surface area contributed by atoms with E-state index in [9.17, 15) is 8.42 Å². The predicted molar refractivity (Wildman–Crippen MR) is 63.5 cm³/mol. The molecular formula is C10H15ClN2O3S. The lowest BCUT2D eigenvalue weighted by atomic mass is 10.3. The van der Waals surface area contributed by atoms with E-state index in [1.54, 1.807) is 4.68 Å². The van der Waals surface area contributed by atoms with Crippen LogP contribution in [0.2, 0.25) is 0 Å². The van der Waals surface area contributed by atoms with Crippen molar-refractivity contribution in [1.82, 2.24) is 9.78 Å². The first kappa shape index (κ1) is 12.9. The summed E-state index contributed by atoms with van der Waals surface area (Å²) in [7, 11) is 3.13. The zero-order valence-electron chi connectivity index (χ0n) is 9.60. The molecular weight excluding hydrogens is 264 g/mol. The molecule has 1 fully saturated rings. The lowest BCUT2D eigenvalue weighted by molar-refractivity contribution is 0.178. The SMILES string of the molecule is COCc1nn(C2CCCC2)cc1S(=O)(=O)Cl. The van der Waals surface area contributed by atoms with Crippen LogP contribution in [0.3, 0.4) is 0 Å². The van der Waals surface area contributed by atoms with Gasteiger partial charge in [-0.2, -0.15) is 5.10 Å². The Morgan fingerprint density at radius 1 is 1.53 bits per heavy atom. The summed E-state index contributed by atoms with van der Waals surface area (Å²) in [6, 6.07) is 0.290. The summed E-state index contributed by atoms with van der Waals surface area (Å²) in [5.41, 5.74) is 0.384. The van der Waals surface area contributed by atoms with Crippen LogP contribution in [0.15, 0.2) is 11.1 Å². The molecule has 1 aromatic rings. The summed E-state index contributed by atoms with van der Waals surface area (Å²) < 4.78 is 29.5. The molecule has 0 spiro atoms. The van der Waals surface area contributed by atoms with Crippen molar-refractivity contribution in [1.29, 1.82) is 0 Å². The fourth-order valence-electron chi connectivity index (χ4n) is 2.21. The lowest BCUT2D eigenvalue weighted by Gasteiger charge is -2.08. The third-order valence-electron chi connectivity index (χ3n) is 3.01. The number of hydrogen-bond acceptors (Lipinski definition) is 4. The van der Waals surface area contributed by atoms with Crippen molar-refractivity contribution in [2.75, 3.05) is 7.11 Å². The number of halogens is 1. The fourth-order valence-corrected chi connectivity index (χ4v) is 3.21. The minimum Gasteiger partial charge on any atom is -0.378 e. The smallest absolute Gasteiger partial charge is 0.264 e. The van der Waals surface area contributed by atoms with Crippen LogP contribution in [0.1, 0.15) is 37.4 Å². The molecule has 1 saturated carbocycles. The summed E-state index contributed by atoms with van der Waals surface area (Å²) in [6.07, 6.45) is 5.92. The van der Waals surface area contributed by atoms with Crippen molar-refractivity contribution in [2.24, 2.45) is 0 Å². The maximum absolute atomic E-state index is 11.4. The van der Waals surface area contributed by atoms with E-state index in [2.05, 4.69) is 5.10 Å². The Kier molecular flexibility index (Phi) is 3.75. The lowest BCUT2D eigenvalue weighted by Crippen LogP contribution is -2.05. The average Bonchev–Trinajstić information content (AvgIpc) is 2.82. The highest BCUT2D eigenvalue weighted by Gasteiger charge is 2.24. The number of aromatic nitrogens is 2. The Labute approximate surface area is 105 Å². The summed E-state index contributed by atoms with van der Waals surface area (Å²) >= 11 is 0. The molecule has 0 bridgehead atoms. The van der Waals surface area contributed by atoms with E-state index in [0.29, 0.717) is 5.69 Å². The van der Waals surface area contributed by atoms with Gasteiger partial charge in [0.2, 0.25) is 0 Å². The van der Waals surface area contributed by atoms with Crippen LogP contribution in [0, 0.1) is 0 Å². The summed E-state index contributed by atoms with van der Waals surface area (Å²) in [5, 5.41) is 4.28. The highest BCUT2D eigenvalue weighted by atomic mass is 35.7. The van der Waals surface area contributed by atoms with Gasteiger partial charge in [0, 0.05) is 24.0 Å². The van der Waals surface area contributed by atoms with Gasteiger partial charge in [0.1, 0.15) is 10.6 Å². The first-order valence-corrected chi connectivity index (χ1v) is 7.85. The number of rotatable bonds is 4. The van der Waals surface area contributed by atoms with Crippen LogP contribution < -0.4 is 0 Å². The van der Waals surface area contributed by atoms with Gasteiger partial charge in [-0.05, 0) is 12.8 Å². The molecule has 0 unspecified atom stereocenters. The van der Waals surface area contributed by atoms with E-state index < -0.39 is 9.05 Å². The van der Waals surface area contributed by atoms with Crippen molar-refractivity contribution in [3.63, 3.8) is 0 Å². The van der Waals surface area contributed by atoms with Crippen molar-refractivity contribution < 1.29 is 13.2 Å². The van der Waals surface area contributed by atoms with E-state index in [-0.39, 0.29) is 17.5 Å². The first-order valence-electron chi connectivity index (χ1n) is 5.54. The molecule has 0 saturated heterocycles. The van der Waals surface area contributed by atoms with Gasteiger partial charge in [-0.25, -0.2) is 8.42 Å². The van der Waals surface area contributed by atoms with Crippen molar-refractivity contribution in [2.45, 2.75) is 43.2 Å². The van der Waals surface area contributed by atoms with Crippen LogP contribution in [0.4, 0.5) is 0 Å². The highest BCUT2D eigenvalue weighted by molar-refractivity contribution is 8.13. The van der Waals surface area contributed by atoms with Crippen molar-refractivity contribution in [3.05, 3.63) is 11.9 Å². The van der Waals surface area contributed by atoms with E-state index in [1.165, 1.54) is 13.3 Å². The van der Waals surface area contributed by atoms with Crippen LogP contribution in [0.5, 0.6) is 0 Å². The van der Waals surface area contributed by atoms with E-state index in [1.807, 2.05) is 0 Å². The van der Waals surface area contributed by atoms with Gasteiger partial charge in [-0.3, -0.25) is 4.68 Å². The molecule has 7 heteroatoms. The quantitative estimate of drug-likeness (QED) is 0.791. The molecule has 1 aromatic heterocycles. The van der Waals surface area contributed by atoms with Crippen LogP contribution in [-0.4, -0.2) is 25.3 Å². The minimum atomic E-state index is -3.76. The van der Waals surface area contributed by atoms with Crippen LogP contribution in [0.25, 0.3) is 0 Å². The van der Waals surface area contributed by atoms with Gasteiger partial charge in [0.25, 0.3) is 9.05 Å². The monoisotopic (exact) mass is 278 g/mol. The first-order chi connectivity index (χ1) is 8.02.